The van der Waals surface area contributed by atoms with E-state index in [1.54, 1.807) is 30.3 Å². The summed E-state index contributed by atoms with van der Waals surface area (Å²) in [5.74, 6) is -2.39. The van der Waals surface area contributed by atoms with Crippen molar-refractivity contribution in [3.05, 3.63) is 71.0 Å². The number of benzene rings is 2. The van der Waals surface area contributed by atoms with Crippen LogP contribution in [0.25, 0.3) is 0 Å². The molecule has 2 aromatic rings. The lowest BCUT2D eigenvalue weighted by atomic mass is 9.91. The number of carbonyl (C=O) groups excluding carboxylic acids is 3. The fourth-order valence-corrected chi connectivity index (χ4v) is 2.84. The summed E-state index contributed by atoms with van der Waals surface area (Å²) in [6, 6.07) is 13.2. The minimum Gasteiger partial charge on any atom is -0.506 e. The Morgan fingerprint density at radius 1 is 1.14 bits per heavy atom. The van der Waals surface area contributed by atoms with Crippen molar-refractivity contribution in [3.8, 4) is 0 Å². The summed E-state index contributed by atoms with van der Waals surface area (Å²) in [5.41, 5.74) is 1.36. The summed E-state index contributed by atoms with van der Waals surface area (Å²) in [6.45, 7) is 1.54. The van der Waals surface area contributed by atoms with Crippen LogP contribution in [-0.4, -0.2) is 37.9 Å². The van der Waals surface area contributed by atoms with Gasteiger partial charge in [-0.25, -0.2) is 4.39 Å². The van der Waals surface area contributed by atoms with Gasteiger partial charge in [-0.05, 0) is 29.7 Å². The maximum absolute atomic E-state index is 13.8. The van der Waals surface area contributed by atoms with Crippen molar-refractivity contribution in [3.63, 3.8) is 0 Å². The number of carbonyl (C=O) groups is 3. The van der Waals surface area contributed by atoms with Crippen LogP contribution in [0.15, 0.2) is 48.5 Å². The monoisotopic (exact) mass is 398 g/mol. The minimum absolute atomic E-state index is 0.0660. The van der Waals surface area contributed by atoms with Gasteiger partial charge in [-0.15, -0.1) is 0 Å². The Kier molecular flexibility index (Phi) is 6.61. The molecule has 2 N–H and O–H groups in total. The van der Waals surface area contributed by atoms with Crippen LogP contribution >= 0.6 is 0 Å². The summed E-state index contributed by atoms with van der Waals surface area (Å²) in [4.78, 5) is 36.0. The molecule has 0 saturated carbocycles. The van der Waals surface area contributed by atoms with E-state index in [9.17, 15) is 18.8 Å². The molecule has 2 amide bonds. The van der Waals surface area contributed by atoms with Crippen molar-refractivity contribution in [2.24, 2.45) is 0 Å². The van der Waals surface area contributed by atoms with Crippen molar-refractivity contribution >= 4 is 24.9 Å². The third-order valence-electron chi connectivity index (χ3n) is 4.41. The van der Waals surface area contributed by atoms with Crippen LogP contribution in [0.5, 0.6) is 0 Å². The highest BCUT2D eigenvalue weighted by Crippen LogP contribution is 2.25. The molecule has 0 aromatic heterocycles. The van der Waals surface area contributed by atoms with E-state index in [0.717, 1.165) is 5.56 Å². The van der Waals surface area contributed by atoms with Crippen molar-refractivity contribution in [2.75, 3.05) is 13.0 Å². The average Bonchev–Trinajstić information content (AvgIpc) is 3.12. The van der Waals surface area contributed by atoms with Crippen LogP contribution in [0.2, 0.25) is 0 Å². The molecule has 0 radical (unpaired) electrons. The minimum atomic E-state index is -0.925. The van der Waals surface area contributed by atoms with Crippen LogP contribution in [0.4, 0.5) is 4.39 Å². The maximum Gasteiger partial charge on any atom is 0.548 e. The molecule has 150 valence electrons. The molecule has 1 heterocycles. The van der Waals surface area contributed by atoms with Gasteiger partial charge in [0.1, 0.15) is 5.82 Å². The number of hydrogen-bond acceptors (Lipinski definition) is 5. The van der Waals surface area contributed by atoms with Gasteiger partial charge in [0.25, 0.3) is 5.91 Å². The molecule has 1 saturated heterocycles. The molecule has 29 heavy (non-hydrogen) atoms. The van der Waals surface area contributed by atoms with Gasteiger partial charge in [-0.1, -0.05) is 43.3 Å². The van der Waals surface area contributed by atoms with Gasteiger partial charge in [-0.3, -0.25) is 14.4 Å². The second kappa shape index (κ2) is 9.33. The van der Waals surface area contributed by atoms with Crippen LogP contribution < -0.4 is 10.6 Å². The predicted octanol–water partition coefficient (Wildman–Crippen LogP) is 1.58. The molecule has 2 aromatic carbocycles. The zero-order valence-corrected chi connectivity index (χ0v) is 15.8. The number of nitrogens with one attached hydrogen (secondary N) is 2. The Balaban J connectivity index is 1.46. The Morgan fingerprint density at radius 2 is 1.90 bits per heavy atom. The summed E-state index contributed by atoms with van der Waals surface area (Å²) in [5, 5.41) is 4.88. The lowest BCUT2D eigenvalue weighted by Gasteiger charge is -2.09. The molecule has 1 atom stereocenters. The number of aryl methyl sites for hydroxylation is 1. The quantitative estimate of drug-likeness (QED) is 0.691. The third-order valence-corrected chi connectivity index (χ3v) is 4.41. The highest BCUT2D eigenvalue weighted by molar-refractivity contribution is 6.49. The topological polar surface area (TPSA) is 93.7 Å². The molecule has 3 rings (SSSR count). The van der Waals surface area contributed by atoms with Crippen molar-refractivity contribution in [1.82, 2.24) is 10.6 Å². The summed E-state index contributed by atoms with van der Waals surface area (Å²) in [6.07, 6.45) is -0.249. The first kappa shape index (κ1) is 20.5. The van der Waals surface area contributed by atoms with E-state index < -0.39 is 36.8 Å². The molecule has 1 unspecified atom stereocenters. The molecule has 0 spiro atoms. The average molecular weight is 398 g/mol. The summed E-state index contributed by atoms with van der Waals surface area (Å²) in [7, 11) is -0.925. The van der Waals surface area contributed by atoms with E-state index in [-0.39, 0.29) is 18.6 Å². The second-order valence-electron chi connectivity index (χ2n) is 6.45. The Labute approximate surface area is 167 Å². The lowest BCUT2D eigenvalue weighted by molar-refractivity contribution is -0.136. The Hall–Kier alpha value is -3.20. The number of hydrogen-bond donors (Lipinski definition) is 2. The van der Waals surface area contributed by atoms with Crippen LogP contribution in [0, 0.1) is 5.82 Å². The first-order chi connectivity index (χ1) is 14.0. The molecule has 1 aliphatic heterocycles. The van der Waals surface area contributed by atoms with E-state index in [2.05, 4.69) is 10.6 Å². The SMILES string of the molecule is CCc1ccc(F)c(C(=O)NCC(=O)NCB2OC(=O)C(c3ccccc3)O2)c1. The molecule has 7 nitrogen and oxygen atoms in total. The lowest BCUT2D eigenvalue weighted by Crippen LogP contribution is -2.42. The highest BCUT2D eigenvalue weighted by Gasteiger charge is 2.40. The van der Waals surface area contributed by atoms with Gasteiger partial charge < -0.3 is 19.9 Å². The number of halogens is 1. The predicted molar refractivity (Wildman–Crippen MR) is 103 cm³/mol. The van der Waals surface area contributed by atoms with E-state index in [1.165, 1.54) is 12.1 Å². The molecular weight excluding hydrogens is 378 g/mol. The summed E-state index contributed by atoms with van der Waals surface area (Å²) >= 11 is 0. The van der Waals surface area contributed by atoms with E-state index >= 15 is 0 Å². The zero-order chi connectivity index (χ0) is 20.8. The number of rotatable bonds is 7. The van der Waals surface area contributed by atoms with Crippen LogP contribution in [-0.2, 0) is 25.3 Å². The van der Waals surface area contributed by atoms with Crippen molar-refractivity contribution < 1.29 is 28.1 Å². The zero-order valence-electron chi connectivity index (χ0n) is 15.8. The van der Waals surface area contributed by atoms with Crippen molar-refractivity contribution in [2.45, 2.75) is 19.4 Å². The van der Waals surface area contributed by atoms with E-state index in [4.69, 9.17) is 9.31 Å². The molecular formula is C20H20BFN2O5. The normalized spacial score (nSPS) is 15.7. The maximum atomic E-state index is 13.8. The molecule has 9 heteroatoms. The highest BCUT2D eigenvalue weighted by atomic mass is 19.1. The van der Waals surface area contributed by atoms with Crippen LogP contribution in [0.3, 0.4) is 0 Å². The first-order valence-corrected chi connectivity index (χ1v) is 9.22. The Bertz CT molecular complexity index is 909. The fourth-order valence-electron chi connectivity index (χ4n) is 2.84. The largest absolute Gasteiger partial charge is 0.548 e. The number of amides is 2. The van der Waals surface area contributed by atoms with E-state index in [1.807, 2.05) is 13.0 Å². The second-order valence-corrected chi connectivity index (χ2v) is 6.45. The fraction of sp³-hybridized carbons (Fsp3) is 0.250. The summed E-state index contributed by atoms with van der Waals surface area (Å²) < 4.78 is 24.4. The van der Waals surface area contributed by atoms with Crippen LogP contribution in [0.1, 0.15) is 34.5 Å². The van der Waals surface area contributed by atoms with Gasteiger partial charge in [0.15, 0.2) is 6.10 Å². The molecule has 0 bridgehead atoms. The first-order valence-electron chi connectivity index (χ1n) is 9.22. The van der Waals surface area contributed by atoms with E-state index in [0.29, 0.717) is 12.0 Å². The third kappa shape index (κ3) is 5.20. The standard InChI is InChI=1S/C20H20BFN2O5/c1-2-13-8-9-16(22)15(10-13)19(26)23-11-17(25)24-12-21-28-18(20(27)29-21)14-6-4-3-5-7-14/h3-10,18H,2,11-12H2,1H3,(H,23,26)(H,24,25). The molecule has 0 aliphatic carbocycles. The van der Waals surface area contributed by atoms with Gasteiger partial charge in [0, 0.05) is 0 Å². The smallest absolute Gasteiger partial charge is 0.506 e. The van der Waals surface area contributed by atoms with Gasteiger partial charge in [0.05, 0.1) is 18.6 Å². The molecule has 1 aliphatic rings. The van der Waals surface area contributed by atoms with Crippen molar-refractivity contribution in [1.29, 1.82) is 0 Å². The van der Waals surface area contributed by atoms with Gasteiger partial charge in [-0.2, -0.15) is 0 Å². The Morgan fingerprint density at radius 3 is 2.62 bits per heavy atom. The van der Waals surface area contributed by atoms with Gasteiger partial charge in [0.2, 0.25) is 5.91 Å². The van der Waals surface area contributed by atoms with Gasteiger partial charge >= 0.3 is 13.1 Å². The molecule has 1 fully saturated rings.